The van der Waals surface area contributed by atoms with E-state index in [1.807, 2.05) is 0 Å². The third-order valence-electron chi connectivity index (χ3n) is 22.6. The van der Waals surface area contributed by atoms with Gasteiger partial charge in [0.2, 0.25) is 0 Å². The summed E-state index contributed by atoms with van der Waals surface area (Å²) >= 11 is 0. The number of aryl methyl sites for hydroxylation is 1. The molecule has 15 rings (SSSR count). The van der Waals surface area contributed by atoms with Crippen LogP contribution >= 0.6 is 0 Å². The molecule has 4 nitrogen and oxygen atoms in total. The number of hydrogen-bond acceptors (Lipinski definition) is 4. The predicted octanol–water partition coefficient (Wildman–Crippen LogP) is 21.3. The van der Waals surface area contributed by atoms with Crippen LogP contribution in [0, 0.1) is 6.92 Å². The lowest BCUT2D eigenvalue weighted by Crippen LogP contribution is -2.62. The van der Waals surface area contributed by atoms with Gasteiger partial charge < -0.3 is 19.1 Å². The molecule has 5 heteroatoms. The molecule has 0 unspecified atom stereocenters. The van der Waals surface area contributed by atoms with Gasteiger partial charge in [-0.25, -0.2) is 0 Å². The summed E-state index contributed by atoms with van der Waals surface area (Å²) < 4.78 is 6.90. The summed E-state index contributed by atoms with van der Waals surface area (Å²) in [6.07, 6.45) is 3.35. The van der Waals surface area contributed by atoms with Gasteiger partial charge in [-0.15, -0.1) is 0 Å². The molecule has 0 saturated heterocycles. The average molecular weight is 1170 g/mol. The normalized spacial score (nSPS) is 18.4. The summed E-state index contributed by atoms with van der Waals surface area (Å²) in [5.74, 6) is 0. The summed E-state index contributed by atoms with van der Waals surface area (Å²) in [6.45, 7) is 46.0. The second-order valence-electron chi connectivity index (χ2n) is 33.3. The van der Waals surface area contributed by atoms with Crippen LogP contribution in [-0.2, 0) is 43.3 Å². The van der Waals surface area contributed by atoms with Gasteiger partial charge in [0.15, 0.2) is 0 Å². The van der Waals surface area contributed by atoms with Crippen LogP contribution in [0.5, 0.6) is 0 Å². The quantitative estimate of drug-likeness (QED) is 0.160. The zero-order chi connectivity index (χ0) is 62.8. The van der Waals surface area contributed by atoms with Crippen molar-refractivity contribution in [2.45, 2.75) is 194 Å². The first kappa shape index (κ1) is 57.7. The maximum Gasteiger partial charge on any atom is 0.252 e. The van der Waals surface area contributed by atoms with Gasteiger partial charge in [-0.05, 0) is 209 Å². The third kappa shape index (κ3) is 8.44. The second-order valence-corrected chi connectivity index (χ2v) is 33.3. The molecule has 10 aromatic rings. The second kappa shape index (κ2) is 18.7. The number of para-hydroxylation sites is 1. The number of fused-ring (bicyclic) bond motifs is 11. The molecule has 0 radical (unpaired) electrons. The molecule has 3 aliphatic carbocycles. The Labute approximate surface area is 531 Å². The molecule has 0 N–H and O–H groups in total. The molecule has 3 heterocycles. The number of benzene rings is 9. The lowest BCUT2D eigenvalue weighted by molar-refractivity contribution is 0.332. The van der Waals surface area contributed by atoms with Crippen LogP contribution in [0.4, 0.5) is 51.2 Å². The van der Waals surface area contributed by atoms with Gasteiger partial charge in [-0.2, -0.15) is 0 Å². The molecule has 0 spiro atoms. The zero-order valence-electron chi connectivity index (χ0n) is 56.5. The van der Waals surface area contributed by atoms with Crippen molar-refractivity contribution in [2.24, 2.45) is 0 Å². The first-order valence-electron chi connectivity index (χ1n) is 33.1. The van der Waals surface area contributed by atoms with Gasteiger partial charge >= 0.3 is 0 Å². The predicted molar refractivity (Wildman–Crippen MR) is 381 cm³/mol. The first-order chi connectivity index (χ1) is 41.8. The minimum atomic E-state index is -0.286. The van der Waals surface area contributed by atoms with Crippen molar-refractivity contribution in [2.75, 3.05) is 14.7 Å². The minimum absolute atomic E-state index is 0.0195. The van der Waals surface area contributed by atoms with Crippen molar-refractivity contribution in [3.05, 3.63) is 225 Å². The van der Waals surface area contributed by atoms with Crippen molar-refractivity contribution < 1.29 is 4.42 Å². The van der Waals surface area contributed by atoms with E-state index >= 15 is 0 Å². The van der Waals surface area contributed by atoms with E-state index in [1.54, 1.807) is 0 Å². The Kier molecular flexibility index (Phi) is 12.1. The van der Waals surface area contributed by atoms with Crippen LogP contribution in [0.2, 0.25) is 0 Å². The van der Waals surface area contributed by atoms with E-state index in [9.17, 15) is 0 Å². The van der Waals surface area contributed by atoms with E-state index in [0.29, 0.717) is 0 Å². The van der Waals surface area contributed by atoms with E-state index in [1.165, 1.54) is 106 Å². The van der Waals surface area contributed by atoms with Gasteiger partial charge in [0.05, 0.1) is 16.8 Å². The minimum Gasteiger partial charge on any atom is -0.456 e. The lowest BCUT2D eigenvalue weighted by Gasteiger charge is -2.49. The Hall–Kier alpha value is -7.76. The third-order valence-corrected chi connectivity index (χ3v) is 22.6. The fraction of sp³-hybridized carbons (Fsp3) is 0.357. The van der Waals surface area contributed by atoms with Crippen molar-refractivity contribution in [3.63, 3.8) is 0 Å². The lowest BCUT2D eigenvalue weighted by atomic mass is 9.32. The Morgan fingerprint density at radius 3 is 1.38 bits per heavy atom. The van der Waals surface area contributed by atoms with Crippen LogP contribution in [0.15, 0.2) is 168 Å². The first-order valence-corrected chi connectivity index (χ1v) is 33.1. The van der Waals surface area contributed by atoms with Gasteiger partial charge in [0.25, 0.3) is 6.71 Å². The Morgan fingerprint density at radius 1 is 0.393 bits per heavy atom. The SMILES string of the molecule is Cc1cc2c(cc1N1c3cc4c(cc3B3c5cc6c(cc5N(c5cccc7oc8ccccc8c57)c5cc(N(c7ccc(C(C)(C)C)cc7)c7ccc(C(C)(C)C)cc7)cc1c53)C(C)(C)CC6(C)C)C(C)(C)c1ccccc1C4(C)C)C(C)(C)CCC2(C)C. The van der Waals surface area contributed by atoms with Crippen LogP contribution < -0.4 is 31.1 Å². The van der Waals surface area contributed by atoms with Crippen molar-refractivity contribution in [1.82, 2.24) is 0 Å². The molecule has 0 fully saturated rings. The summed E-state index contributed by atoms with van der Waals surface area (Å²) in [7, 11) is 0. The molecule has 89 heavy (non-hydrogen) atoms. The van der Waals surface area contributed by atoms with E-state index in [0.717, 1.165) is 64.0 Å². The highest BCUT2D eigenvalue weighted by Gasteiger charge is 2.51. The number of furan rings is 1. The van der Waals surface area contributed by atoms with Crippen LogP contribution in [0.1, 0.15) is 205 Å². The van der Waals surface area contributed by atoms with Gasteiger partial charge in [0.1, 0.15) is 11.2 Å². The molecule has 1 aromatic heterocycles. The highest BCUT2D eigenvalue weighted by Crippen LogP contribution is 2.58. The van der Waals surface area contributed by atoms with Crippen molar-refractivity contribution in [1.29, 1.82) is 0 Å². The molecule has 0 amide bonds. The zero-order valence-corrected chi connectivity index (χ0v) is 56.5. The maximum absolute atomic E-state index is 6.90. The number of hydrogen-bond donors (Lipinski definition) is 0. The highest BCUT2D eigenvalue weighted by molar-refractivity contribution is 7.00. The molecule has 0 saturated carbocycles. The highest BCUT2D eigenvalue weighted by atomic mass is 16.3. The number of nitrogens with zero attached hydrogens (tertiary/aromatic N) is 3. The van der Waals surface area contributed by atoms with E-state index in [4.69, 9.17) is 4.42 Å². The largest absolute Gasteiger partial charge is 0.456 e. The average Bonchev–Trinajstić information content (AvgIpc) is 1.49. The van der Waals surface area contributed by atoms with Gasteiger partial charge in [0, 0.05) is 56.0 Å². The molecular weight excluding hydrogens is 1080 g/mol. The molecule has 9 aromatic carbocycles. The molecule has 5 aliphatic rings. The number of rotatable bonds is 5. The van der Waals surface area contributed by atoms with Gasteiger partial charge in [-0.1, -0.05) is 216 Å². The fourth-order valence-electron chi connectivity index (χ4n) is 17.6. The standard InChI is InChI=1S/C84H90BN3O/c1-50-41-59-61(80(10,11)40-39-79(59,8)9)46-68(50)88-70-48-64-63(83(16,17)57-26-21-22-27-58(57)84(64,18)19)45-66(70)85-65-44-60-62(82(14,15)49-81(60,12)13)47-69(65)87(67-28-24-30-74-75(67)56-25-20-23-29-73(56)89-74)71-42-55(43-72(88)76(71)85)86(53-35-31-51(32-36-53)77(2,3)4)54-37-33-52(34-38-54)78(5,6)7/h20-38,41-48H,39-40,49H2,1-19H3. The van der Waals surface area contributed by atoms with Crippen LogP contribution in [0.3, 0.4) is 0 Å². The van der Waals surface area contributed by atoms with E-state index in [-0.39, 0.29) is 50.0 Å². The van der Waals surface area contributed by atoms with E-state index < -0.39 is 0 Å². The maximum atomic E-state index is 6.90. The summed E-state index contributed by atoms with van der Waals surface area (Å²) in [4.78, 5) is 8.02. The van der Waals surface area contributed by atoms with Crippen LogP contribution in [-0.4, -0.2) is 6.71 Å². The molecule has 2 aliphatic heterocycles. The molecule has 0 bridgehead atoms. The molecular formula is C84H90BN3O. The number of anilines is 9. The smallest absolute Gasteiger partial charge is 0.252 e. The molecule has 0 atom stereocenters. The van der Waals surface area contributed by atoms with Crippen LogP contribution in [0.25, 0.3) is 21.9 Å². The van der Waals surface area contributed by atoms with Gasteiger partial charge in [-0.3, -0.25) is 0 Å². The van der Waals surface area contributed by atoms with E-state index in [2.05, 4.69) is 310 Å². The monoisotopic (exact) mass is 1170 g/mol. The summed E-state index contributed by atoms with van der Waals surface area (Å²) in [6, 6.07) is 64.8. The Balaban J connectivity index is 1.14. The summed E-state index contributed by atoms with van der Waals surface area (Å²) in [5, 5.41) is 2.24. The van der Waals surface area contributed by atoms with Crippen molar-refractivity contribution in [3.8, 4) is 0 Å². The topological polar surface area (TPSA) is 22.9 Å². The Morgan fingerprint density at radius 2 is 0.831 bits per heavy atom. The van der Waals surface area contributed by atoms with Crippen molar-refractivity contribution >= 4 is 96.2 Å². The molecule has 450 valence electrons. The Bertz CT molecular complexity index is 4570. The summed E-state index contributed by atoms with van der Waals surface area (Å²) in [5.41, 5.74) is 31.1. The fourth-order valence-corrected chi connectivity index (χ4v) is 17.6.